The van der Waals surface area contributed by atoms with Crippen LogP contribution in [0.2, 0.25) is 0 Å². The number of nitrogens with two attached hydrogens (primary N) is 1. The van der Waals surface area contributed by atoms with Crippen molar-refractivity contribution in [3.8, 4) is 0 Å². The second-order valence-electron chi connectivity index (χ2n) is 5.42. The first-order chi connectivity index (χ1) is 8.97. The molecule has 1 aromatic carbocycles. The van der Waals surface area contributed by atoms with E-state index in [9.17, 15) is 0 Å². The maximum atomic E-state index is 6.34. The predicted molar refractivity (Wildman–Crippen MR) is 80.3 cm³/mol. The molecule has 2 N–H and O–H groups in total. The molecule has 1 heterocycles. The van der Waals surface area contributed by atoms with Crippen LogP contribution in [0.1, 0.15) is 39.6 Å². The van der Waals surface area contributed by atoms with Gasteiger partial charge in [0.25, 0.3) is 0 Å². The van der Waals surface area contributed by atoms with Gasteiger partial charge in [-0.05, 0) is 68.5 Å². The normalized spacial score (nSPS) is 12.5. The maximum absolute atomic E-state index is 6.34. The quantitative estimate of drug-likeness (QED) is 0.909. The lowest BCUT2D eigenvalue weighted by molar-refractivity contribution is 0.712. The summed E-state index contributed by atoms with van der Waals surface area (Å²) < 4.78 is 0. The second-order valence-corrected chi connectivity index (χ2v) is 5.42. The van der Waals surface area contributed by atoms with Crippen LogP contribution in [0.15, 0.2) is 30.5 Å². The first-order valence-electron chi connectivity index (χ1n) is 6.72. The summed E-state index contributed by atoms with van der Waals surface area (Å²) in [7, 11) is 0. The Labute approximate surface area is 115 Å². The maximum Gasteiger partial charge on any atom is 0.0375 e. The molecule has 0 fully saturated rings. The van der Waals surface area contributed by atoms with Crippen molar-refractivity contribution in [1.82, 2.24) is 4.98 Å². The van der Waals surface area contributed by atoms with Crippen molar-refractivity contribution < 1.29 is 0 Å². The minimum absolute atomic E-state index is 0.0295. The number of nitrogens with zero attached hydrogens (tertiary/aromatic N) is 1. The van der Waals surface area contributed by atoms with Crippen molar-refractivity contribution in [1.29, 1.82) is 0 Å². The number of hydrogen-bond acceptors (Lipinski definition) is 2. The number of pyridine rings is 1. The van der Waals surface area contributed by atoms with Gasteiger partial charge in [-0.1, -0.05) is 17.7 Å². The molecule has 0 aliphatic rings. The Morgan fingerprint density at radius 2 is 1.68 bits per heavy atom. The molecule has 1 unspecified atom stereocenters. The Kier molecular flexibility index (Phi) is 4.01. The number of benzene rings is 1. The van der Waals surface area contributed by atoms with E-state index in [0.717, 1.165) is 17.7 Å². The standard InChI is InChI=1S/C17H22N2/c1-11-7-12(2)16(13(3)8-11)10-17(18)15-5-6-19-14(4)9-15/h5-9,17H,10,18H2,1-4H3. The van der Waals surface area contributed by atoms with Crippen molar-refractivity contribution in [2.75, 3.05) is 0 Å². The summed E-state index contributed by atoms with van der Waals surface area (Å²) in [6.45, 7) is 8.47. The zero-order chi connectivity index (χ0) is 14.0. The van der Waals surface area contributed by atoms with Crippen LogP contribution in [-0.2, 0) is 6.42 Å². The van der Waals surface area contributed by atoms with Crippen molar-refractivity contribution in [2.45, 2.75) is 40.2 Å². The first-order valence-corrected chi connectivity index (χ1v) is 6.72. The first kappa shape index (κ1) is 13.8. The van der Waals surface area contributed by atoms with E-state index >= 15 is 0 Å². The van der Waals surface area contributed by atoms with Crippen LogP contribution in [0.3, 0.4) is 0 Å². The molecule has 0 aliphatic carbocycles. The molecular formula is C17H22N2. The summed E-state index contributed by atoms with van der Waals surface area (Å²) >= 11 is 0. The topological polar surface area (TPSA) is 38.9 Å². The third-order valence-corrected chi connectivity index (χ3v) is 3.61. The van der Waals surface area contributed by atoms with Gasteiger partial charge >= 0.3 is 0 Å². The van der Waals surface area contributed by atoms with E-state index in [1.165, 1.54) is 22.3 Å². The zero-order valence-electron chi connectivity index (χ0n) is 12.2. The van der Waals surface area contributed by atoms with Crippen molar-refractivity contribution in [3.05, 3.63) is 64.0 Å². The second kappa shape index (κ2) is 5.54. The fourth-order valence-electron chi connectivity index (χ4n) is 2.67. The molecule has 0 radical (unpaired) electrons. The molecule has 2 nitrogen and oxygen atoms in total. The molecule has 1 atom stereocenters. The van der Waals surface area contributed by atoms with Crippen LogP contribution in [0, 0.1) is 27.7 Å². The predicted octanol–water partition coefficient (Wildman–Crippen LogP) is 3.56. The van der Waals surface area contributed by atoms with Gasteiger partial charge in [0.2, 0.25) is 0 Å². The summed E-state index contributed by atoms with van der Waals surface area (Å²) in [5, 5.41) is 0. The number of hydrogen-bond donors (Lipinski definition) is 1. The largest absolute Gasteiger partial charge is 0.324 e. The molecule has 2 rings (SSSR count). The Morgan fingerprint density at radius 1 is 1.05 bits per heavy atom. The van der Waals surface area contributed by atoms with Gasteiger partial charge in [0.05, 0.1) is 0 Å². The zero-order valence-corrected chi connectivity index (χ0v) is 12.2. The van der Waals surface area contributed by atoms with Gasteiger partial charge in [0.1, 0.15) is 0 Å². The van der Waals surface area contributed by atoms with Gasteiger partial charge in [0, 0.05) is 17.9 Å². The minimum Gasteiger partial charge on any atom is -0.324 e. The van der Waals surface area contributed by atoms with Crippen LogP contribution in [0.4, 0.5) is 0 Å². The average Bonchev–Trinajstić information content (AvgIpc) is 2.33. The Hall–Kier alpha value is -1.67. The lowest BCUT2D eigenvalue weighted by atomic mass is 9.92. The molecule has 2 aromatic rings. The molecule has 2 heteroatoms. The Balaban J connectivity index is 2.26. The molecule has 0 aliphatic heterocycles. The van der Waals surface area contributed by atoms with Gasteiger partial charge < -0.3 is 5.73 Å². The van der Waals surface area contributed by atoms with Crippen LogP contribution in [0.5, 0.6) is 0 Å². The molecule has 100 valence electrons. The van der Waals surface area contributed by atoms with Gasteiger partial charge in [-0.15, -0.1) is 0 Å². The van der Waals surface area contributed by atoms with Crippen molar-refractivity contribution in [2.24, 2.45) is 5.73 Å². The van der Waals surface area contributed by atoms with Crippen LogP contribution in [0.25, 0.3) is 0 Å². The Morgan fingerprint density at radius 3 is 2.26 bits per heavy atom. The highest BCUT2D eigenvalue weighted by Crippen LogP contribution is 2.22. The highest BCUT2D eigenvalue weighted by atomic mass is 14.7. The van der Waals surface area contributed by atoms with E-state index in [0.29, 0.717) is 0 Å². The molecule has 0 saturated carbocycles. The van der Waals surface area contributed by atoms with E-state index < -0.39 is 0 Å². The Bertz CT molecular complexity index is 565. The summed E-state index contributed by atoms with van der Waals surface area (Å²) in [6.07, 6.45) is 2.71. The van der Waals surface area contributed by atoms with Gasteiger partial charge in [-0.2, -0.15) is 0 Å². The highest BCUT2D eigenvalue weighted by molar-refractivity contribution is 5.38. The third-order valence-electron chi connectivity index (χ3n) is 3.61. The third kappa shape index (κ3) is 3.21. The molecule has 0 bridgehead atoms. The number of aromatic nitrogens is 1. The van der Waals surface area contributed by atoms with Gasteiger partial charge in [-0.3, -0.25) is 4.98 Å². The molecule has 1 aromatic heterocycles. The van der Waals surface area contributed by atoms with Crippen LogP contribution in [-0.4, -0.2) is 4.98 Å². The number of aryl methyl sites for hydroxylation is 4. The fraction of sp³-hybridized carbons (Fsp3) is 0.353. The summed E-state index contributed by atoms with van der Waals surface area (Å²) in [5.74, 6) is 0. The molecule has 19 heavy (non-hydrogen) atoms. The lowest BCUT2D eigenvalue weighted by Gasteiger charge is -2.17. The fourth-order valence-corrected chi connectivity index (χ4v) is 2.67. The molecule has 0 amide bonds. The summed E-state index contributed by atoms with van der Waals surface area (Å²) in [4.78, 5) is 4.22. The molecular weight excluding hydrogens is 232 g/mol. The van der Waals surface area contributed by atoms with E-state index in [1.54, 1.807) is 0 Å². The summed E-state index contributed by atoms with van der Waals surface area (Å²) in [5.41, 5.74) is 13.9. The molecule has 0 spiro atoms. The lowest BCUT2D eigenvalue weighted by Crippen LogP contribution is -2.15. The molecule has 0 saturated heterocycles. The van der Waals surface area contributed by atoms with E-state index in [4.69, 9.17) is 5.73 Å². The van der Waals surface area contributed by atoms with Crippen LogP contribution < -0.4 is 5.73 Å². The minimum atomic E-state index is 0.0295. The average molecular weight is 254 g/mol. The van der Waals surface area contributed by atoms with Crippen molar-refractivity contribution >= 4 is 0 Å². The van der Waals surface area contributed by atoms with E-state index in [2.05, 4.69) is 44.0 Å². The highest BCUT2D eigenvalue weighted by Gasteiger charge is 2.11. The van der Waals surface area contributed by atoms with Gasteiger partial charge in [0.15, 0.2) is 0 Å². The van der Waals surface area contributed by atoms with Crippen molar-refractivity contribution in [3.63, 3.8) is 0 Å². The van der Waals surface area contributed by atoms with Crippen LogP contribution >= 0.6 is 0 Å². The monoisotopic (exact) mass is 254 g/mol. The van der Waals surface area contributed by atoms with Gasteiger partial charge in [-0.25, -0.2) is 0 Å². The summed E-state index contributed by atoms with van der Waals surface area (Å²) in [6, 6.07) is 8.57. The van der Waals surface area contributed by atoms with E-state index in [-0.39, 0.29) is 6.04 Å². The smallest absolute Gasteiger partial charge is 0.0375 e. The van der Waals surface area contributed by atoms with E-state index in [1.807, 2.05) is 19.2 Å². The number of rotatable bonds is 3. The SMILES string of the molecule is Cc1cc(C)c(CC(N)c2ccnc(C)c2)c(C)c1.